The van der Waals surface area contributed by atoms with Gasteiger partial charge >= 0.3 is 0 Å². The highest BCUT2D eigenvalue weighted by molar-refractivity contribution is 6.23. The molecule has 4 heteroatoms. The fourth-order valence-corrected chi connectivity index (χ4v) is 4.93. The van der Waals surface area contributed by atoms with Crippen LogP contribution < -0.4 is 4.90 Å². The predicted octanol–water partition coefficient (Wildman–Crippen LogP) is 2.09. The molecule has 1 aliphatic heterocycles. The van der Waals surface area contributed by atoms with E-state index >= 15 is 0 Å². The van der Waals surface area contributed by atoms with Crippen LogP contribution in [0, 0.1) is 29.1 Å². The van der Waals surface area contributed by atoms with E-state index in [9.17, 15) is 14.7 Å². The number of rotatable bonds is 1. The van der Waals surface area contributed by atoms with Crippen molar-refractivity contribution in [2.45, 2.75) is 12.8 Å². The van der Waals surface area contributed by atoms with Gasteiger partial charge in [0, 0.05) is 0 Å². The summed E-state index contributed by atoms with van der Waals surface area (Å²) in [6, 6.07) is 6.29. The summed E-state index contributed by atoms with van der Waals surface area (Å²) in [6.07, 6.45) is 6.65. The van der Waals surface area contributed by atoms with E-state index in [1.165, 1.54) is 17.0 Å². The number of amides is 2. The van der Waals surface area contributed by atoms with Crippen LogP contribution >= 0.6 is 0 Å². The number of aromatic hydroxyl groups is 1. The van der Waals surface area contributed by atoms with Gasteiger partial charge in [-0.2, -0.15) is 0 Å². The molecule has 106 valence electrons. The Morgan fingerprint density at radius 2 is 1.48 bits per heavy atom. The van der Waals surface area contributed by atoms with E-state index in [0.29, 0.717) is 5.69 Å². The maximum atomic E-state index is 12.8. The second kappa shape index (κ2) is 3.38. The molecule has 4 atom stereocenters. The van der Waals surface area contributed by atoms with Crippen LogP contribution in [0.2, 0.25) is 0 Å². The van der Waals surface area contributed by atoms with Crippen LogP contribution in [-0.2, 0) is 9.59 Å². The first-order chi connectivity index (χ1) is 10.1. The first-order valence-electron chi connectivity index (χ1n) is 7.49. The molecule has 1 spiro atoms. The second-order valence-corrected chi connectivity index (χ2v) is 6.75. The van der Waals surface area contributed by atoms with Gasteiger partial charge in [-0.15, -0.1) is 0 Å². The number of nitrogens with zero attached hydrogens (tertiary/aromatic N) is 1. The Balaban J connectivity index is 1.57. The molecule has 1 N–H and O–H groups in total. The second-order valence-electron chi connectivity index (χ2n) is 6.75. The number of phenolic OH excluding ortho intramolecular Hbond substituents is 1. The van der Waals surface area contributed by atoms with Gasteiger partial charge in [-0.3, -0.25) is 14.5 Å². The summed E-state index contributed by atoms with van der Waals surface area (Å²) in [5.41, 5.74) is 0.809. The molecule has 2 bridgehead atoms. The standard InChI is InChI=1S/C17H15NO3/c19-10-3-1-9(2-4-10)18-15(20)13-11-5-6-12(14(13)16(18)21)17(11)7-8-17/h1-6,11-14,19H,7-8H2/t11-,12-,13+,14+/m1/s1. The van der Waals surface area contributed by atoms with Gasteiger partial charge in [-0.25, -0.2) is 0 Å². The van der Waals surface area contributed by atoms with Gasteiger partial charge in [0.2, 0.25) is 11.8 Å². The van der Waals surface area contributed by atoms with Crippen molar-refractivity contribution >= 4 is 17.5 Å². The van der Waals surface area contributed by atoms with Crippen LogP contribution in [0.3, 0.4) is 0 Å². The molecule has 0 unspecified atom stereocenters. The number of benzene rings is 1. The molecule has 4 nitrogen and oxygen atoms in total. The van der Waals surface area contributed by atoms with E-state index in [1.54, 1.807) is 12.1 Å². The minimum Gasteiger partial charge on any atom is -0.508 e. The summed E-state index contributed by atoms with van der Waals surface area (Å²) in [7, 11) is 0. The molecule has 1 aromatic rings. The molecular formula is C17H15NO3. The van der Waals surface area contributed by atoms with Crippen molar-refractivity contribution in [3.63, 3.8) is 0 Å². The first kappa shape index (κ1) is 11.5. The van der Waals surface area contributed by atoms with E-state index in [0.717, 1.165) is 12.8 Å². The number of carbonyl (C=O) groups is 2. The fourth-order valence-electron chi connectivity index (χ4n) is 4.93. The Morgan fingerprint density at radius 3 is 1.95 bits per heavy atom. The quantitative estimate of drug-likeness (QED) is 0.633. The van der Waals surface area contributed by atoms with Crippen molar-refractivity contribution in [2.24, 2.45) is 29.1 Å². The Bertz CT molecular complexity index is 667. The lowest BCUT2D eigenvalue weighted by atomic mass is 9.85. The number of carbonyl (C=O) groups excluding carboxylic acids is 2. The van der Waals surface area contributed by atoms with Crippen LogP contribution in [0.15, 0.2) is 36.4 Å². The molecule has 4 aliphatic rings. The number of anilines is 1. The van der Waals surface area contributed by atoms with Gasteiger partial charge in [-0.1, -0.05) is 12.2 Å². The smallest absolute Gasteiger partial charge is 0.238 e. The third kappa shape index (κ3) is 1.18. The molecule has 3 aliphatic carbocycles. The van der Waals surface area contributed by atoms with E-state index in [2.05, 4.69) is 12.2 Å². The molecule has 1 aromatic carbocycles. The van der Waals surface area contributed by atoms with Gasteiger partial charge in [-0.05, 0) is 54.4 Å². The average molecular weight is 281 g/mol. The molecule has 1 saturated heterocycles. The molecule has 1 heterocycles. The highest BCUT2D eigenvalue weighted by Crippen LogP contribution is 2.73. The monoisotopic (exact) mass is 281 g/mol. The van der Waals surface area contributed by atoms with Crippen molar-refractivity contribution < 1.29 is 14.7 Å². The average Bonchev–Trinajstić information content (AvgIpc) is 3.07. The number of hydrogen-bond acceptors (Lipinski definition) is 3. The zero-order valence-corrected chi connectivity index (χ0v) is 11.4. The van der Waals surface area contributed by atoms with Crippen molar-refractivity contribution in [1.29, 1.82) is 0 Å². The van der Waals surface area contributed by atoms with E-state index in [-0.39, 0.29) is 46.7 Å². The topological polar surface area (TPSA) is 57.6 Å². The van der Waals surface area contributed by atoms with Crippen molar-refractivity contribution in [3.8, 4) is 5.75 Å². The summed E-state index contributed by atoms with van der Waals surface area (Å²) < 4.78 is 0. The van der Waals surface area contributed by atoms with E-state index in [4.69, 9.17) is 0 Å². The summed E-state index contributed by atoms with van der Waals surface area (Å²) in [5, 5.41) is 9.37. The van der Waals surface area contributed by atoms with Gasteiger partial charge < -0.3 is 5.11 Å². The number of hydrogen-bond donors (Lipinski definition) is 1. The summed E-state index contributed by atoms with van der Waals surface area (Å²) >= 11 is 0. The molecule has 0 radical (unpaired) electrons. The Labute approximate surface area is 122 Å². The summed E-state index contributed by atoms with van der Waals surface area (Å²) in [4.78, 5) is 26.9. The number of fused-ring (bicyclic) bond motifs is 3. The molecular weight excluding hydrogens is 266 g/mol. The highest BCUT2D eigenvalue weighted by Gasteiger charge is 2.73. The predicted molar refractivity (Wildman–Crippen MR) is 75.4 cm³/mol. The lowest BCUT2D eigenvalue weighted by Crippen LogP contribution is -2.34. The maximum Gasteiger partial charge on any atom is 0.238 e. The first-order valence-corrected chi connectivity index (χ1v) is 7.49. The van der Waals surface area contributed by atoms with Crippen LogP contribution in [0.25, 0.3) is 0 Å². The van der Waals surface area contributed by atoms with Crippen molar-refractivity contribution in [1.82, 2.24) is 0 Å². The van der Waals surface area contributed by atoms with Gasteiger partial charge in [0.25, 0.3) is 0 Å². The van der Waals surface area contributed by atoms with Crippen molar-refractivity contribution in [2.75, 3.05) is 4.90 Å². The third-order valence-electron chi connectivity index (χ3n) is 5.96. The van der Waals surface area contributed by atoms with Crippen LogP contribution in [0.1, 0.15) is 12.8 Å². The number of phenols is 1. The zero-order valence-electron chi connectivity index (χ0n) is 11.4. The Hall–Kier alpha value is -2.10. The molecule has 2 amide bonds. The van der Waals surface area contributed by atoms with Crippen LogP contribution in [0.4, 0.5) is 5.69 Å². The molecule has 21 heavy (non-hydrogen) atoms. The van der Waals surface area contributed by atoms with E-state index in [1.807, 2.05) is 0 Å². The summed E-state index contributed by atoms with van der Waals surface area (Å²) in [6.45, 7) is 0. The van der Waals surface area contributed by atoms with Crippen LogP contribution in [0.5, 0.6) is 5.75 Å². The zero-order chi connectivity index (χ0) is 14.4. The van der Waals surface area contributed by atoms with E-state index < -0.39 is 0 Å². The third-order valence-corrected chi connectivity index (χ3v) is 5.96. The van der Waals surface area contributed by atoms with Gasteiger partial charge in [0.15, 0.2) is 0 Å². The number of allylic oxidation sites excluding steroid dienone is 2. The molecule has 0 aromatic heterocycles. The van der Waals surface area contributed by atoms with Gasteiger partial charge in [0.05, 0.1) is 17.5 Å². The largest absolute Gasteiger partial charge is 0.508 e. The SMILES string of the molecule is O=C1[C@@H]2[C@@H](C(=O)N1c1ccc(O)cc1)[C@H]1C=C[C@H]2C12CC2. The molecule has 5 rings (SSSR count). The lowest BCUT2D eigenvalue weighted by Gasteiger charge is -2.21. The van der Waals surface area contributed by atoms with Gasteiger partial charge in [0.1, 0.15) is 5.75 Å². The number of imide groups is 1. The summed E-state index contributed by atoms with van der Waals surface area (Å²) in [5.74, 6) is 0.207. The van der Waals surface area contributed by atoms with Crippen molar-refractivity contribution in [3.05, 3.63) is 36.4 Å². The Kier molecular flexibility index (Phi) is 1.86. The maximum absolute atomic E-state index is 12.8. The Morgan fingerprint density at radius 1 is 0.952 bits per heavy atom. The fraction of sp³-hybridized carbons (Fsp3) is 0.412. The minimum atomic E-state index is -0.163. The highest BCUT2D eigenvalue weighted by atomic mass is 16.3. The van der Waals surface area contributed by atoms with Crippen LogP contribution in [-0.4, -0.2) is 16.9 Å². The molecule has 2 saturated carbocycles. The lowest BCUT2D eigenvalue weighted by molar-refractivity contribution is -0.123. The molecule has 3 fully saturated rings. The minimum absolute atomic E-state index is 0.0567. The normalized spacial score (nSPS) is 37.6.